The minimum absolute atomic E-state index is 0.377. The second-order valence-corrected chi connectivity index (χ2v) is 4.42. The standard InChI is InChI=1S/C5H7N3O4S/c1-7-5(13(2,11)12)4(3-6-7)8(9)10/h3H,1-2H3. The number of sulfone groups is 1. The summed E-state index contributed by atoms with van der Waals surface area (Å²) in [7, 11) is -2.27. The highest BCUT2D eigenvalue weighted by Gasteiger charge is 2.26. The second kappa shape index (κ2) is 2.80. The molecule has 0 aromatic carbocycles. The van der Waals surface area contributed by atoms with Crippen molar-refractivity contribution in [3.63, 3.8) is 0 Å². The zero-order chi connectivity index (χ0) is 10.2. The van der Waals surface area contributed by atoms with Gasteiger partial charge < -0.3 is 0 Å². The molecule has 1 rings (SSSR count). The minimum atomic E-state index is -3.61. The molecule has 72 valence electrons. The molecule has 0 fully saturated rings. The number of nitrogens with zero attached hydrogens (tertiary/aromatic N) is 3. The van der Waals surface area contributed by atoms with Crippen LogP contribution < -0.4 is 0 Å². The lowest BCUT2D eigenvalue weighted by molar-refractivity contribution is -0.388. The highest BCUT2D eigenvalue weighted by atomic mass is 32.2. The Morgan fingerprint density at radius 3 is 2.46 bits per heavy atom. The predicted octanol–water partition coefficient (Wildman–Crippen LogP) is -0.268. The first-order chi connectivity index (χ1) is 5.84. The molecule has 0 atom stereocenters. The third-order valence-corrected chi connectivity index (χ3v) is 2.59. The summed E-state index contributed by atoms with van der Waals surface area (Å²) in [6, 6.07) is 0. The summed E-state index contributed by atoms with van der Waals surface area (Å²) in [5.41, 5.74) is -0.495. The average molecular weight is 205 g/mol. The lowest BCUT2D eigenvalue weighted by Crippen LogP contribution is -2.07. The molecule has 1 heterocycles. The summed E-state index contributed by atoms with van der Waals surface area (Å²) >= 11 is 0. The first kappa shape index (κ1) is 9.65. The molecule has 1 aromatic rings. The predicted molar refractivity (Wildman–Crippen MR) is 43.0 cm³/mol. The van der Waals surface area contributed by atoms with Crippen molar-refractivity contribution in [2.45, 2.75) is 5.03 Å². The highest BCUT2D eigenvalue weighted by molar-refractivity contribution is 7.90. The van der Waals surface area contributed by atoms with E-state index < -0.39 is 20.4 Å². The molecule has 0 amide bonds. The molecule has 0 N–H and O–H groups in total. The van der Waals surface area contributed by atoms with Crippen LogP contribution in [0, 0.1) is 10.1 Å². The molecule has 0 saturated carbocycles. The molecule has 13 heavy (non-hydrogen) atoms. The Bertz CT molecular complexity index is 446. The average Bonchev–Trinajstić information content (AvgIpc) is 2.28. The van der Waals surface area contributed by atoms with Gasteiger partial charge in [-0.05, 0) is 0 Å². The fourth-order valence-corrected chi connectivity index (χ4v) is 2.00. The molecule has 7 nitrogen and oxygen atoms in total. The van der Waals surface area contributed by atoms with Gasteiger partial charge in [-0.3, -0.25) is 14.8 Å². The molecule has 0 aliphatic carbocycles. The summed E-state index contributed by atoms with van der Waals surface area (Å²) < 4.78 is 23.1. The SMILES string of the molecule is Cn1ncc([N+](=O)[O-])c1S(C)(=O)=O. The van der Waals surface area contributed by atoms with Gasteiger partial charge in [0.15, 0.2) is 9.84 Å². The van der Waals surface area contributed by atoms with Gasteiger partial charge in [-0.15, -0.1) is 0 Å². The van der Waals surface area contributed by atoms with Crippen LogP contribution in [0.5, 0.6) is 0 Å². The van der Waals surface area contributed by atoms with Crippen molar-refractivity contribution >= 4 is 15.5 Å². The van der Waals surface area contributed by atoms with Crippen molar-refractivity contribution in [2.75, 3.05) is 6.26 Å². The van der Waals surface area contributed by atoms with Crippen LogP contribution in [0.15, 0.2) is 11.2 Å². The van der Waals surface area contributed by atoms with Crippen LogP contribution in [-0.2, 0) is 16.9 Å². The van der Waals surface area contributed by atoms with Crippen LogP contribution in [-0.4, -0.2) is 29.4 Å². The topological polar surface area (TPSA) is 95.1 Å². The lowest BCUT2D eigenvalue weighted by atomic mass is 10.6. The van der Waals surface area contributed by atoms with Crippen molar-refractivity contribution in [1.82, 2.24) is 9.78 Å². The van der Waals surface area contributed by atoms with Gasteiger partial charge in [-0.2, -0.15) is 5.10 Å². The molecule has 0 bridgehead atoms. The van der Waals surface area contributed by atoms with Gasteiger partial charge in [0, 0.05) is 13.3 Å². The number of aromatic nitrogens is 2. The van der Waals surface area contributed by atoms with E-state index in [1.807, 2.05) is 0 Å². The zero-order valence-electron chi connectivity index (χ0n) is 6.96. The molecule has 0 unspecified atom stereocenters. The second-order valence-electron chi connectivity index (χ2n) is 2.49. The summed E-state index contributed by atoms with van der Waals surface area (Å²) in [5.74, 6) is 0. The number of nitro groups is 1. The third kappa shape index (κ3) is 1.66. The van der Waals surface area contributed by atoms with E-state index in [2.05, 4.69) is 5.10 Å². The smallest absolute Gasteiger partial charge is 0.258 e. The van der Waals surface area contributed by atoms with Crippen molar-refractivity contribution in [2.24, 2.45) is 7.05 Å². The Morgan fingerprint density at radius 1 is 1.62 bits per heavy atom. The third-order valence-electron chi connectivity index (χ3n) is 1.41. The Hall–Kier alpha value is -1.44. The van der Waals surface area contributed by atoms with Gasteiger partial charge in [-0.25, -0.2) is 8.42 Å². The first-order valence-corrected chi connectivity index (χ1v) is 5.09. The maximum Gasteiger partial charge on any atom is 0.325 e. The van der Waals surface area contributed by atoms with Gasteiger partial charge in [0.25, 0.3) is 0 Å². The fraction of sp³-hybridized carbons (Fsp3) is 0.400. The number of rotatable bonds is 2. The zero-order valence-corrected chi connectivity index (χ0v) is 7.78. The number of aryl methyl sites for hydroxylation is 1. The largest absolute Gasteiger partial charge is 0.325 e. The number of hydrogen-bond acceptors (Lipinski definition) is 5. The van der Waals surface area contributed by atoms with Crippen LogP contribution in [0.1, 0.15) is 0 Å². The van der Waals surface area contributed by atoms with Gasteiger partial charge in [0.05, 0.1) is 4.92 Å². The van der Waals surface area contributed by atoms with E-state index >= 15 is 0 Å². The molecule has 0 radical (unpaired) electrons. The van der Waals surface area contributed by atoms with Gasteiger partial charge in [0.1, 0.15) is 6.20 Å². The summed E-state index contributed by atoms with van der Waals surface area (Å²) in [6.07, 6.45) is 1.81. The molecule has 0 aliphatic rings. The molecule has 1 aromatic heterocycles. The van der Waals surface area contributed by atoms with E-state index in [0.717, 1.165) is 17.1 Å². The van der Waals surface area contributed by atoms with Gasteiger partial charge >= 0.3 is 5.69 Å². The Balaban J connectivity index is 3.51. The monoisotopic (exact) mass is 205 g/mol. The van der Waals surface area contributed by atoms with Crippen LogP contribution in [0.2, 0.25) is 0 Å². The maximum absolute atomic E-state index is 11.1. The van der Waals surface area contributed by atoms with E-state index in [1.54, 1.807) is 0 Å². The van der Waals surface area contributed by atoms with Crippen molar-refractivity contribution in [3.8, 4) is 0 Å². The van der Waals surface area contributed by atoms with E-state index in [4.69, 9.17) is 0 Å². The minimum Gasteiger partial charge on any atom is -0.258 e. The molecular formula is C5H7N3O4S. The first-order valence-electron chi connectivity index (χ1n) is 3.20. The van der Waals surface area contributed by atoms with Crippen molar-refractivity contribution in [1.29, 1.82) is 0 Å². The normalized spacial score (nSPS) is 11.5. The summed E-state index contributed by atoms with van der Waals surface area (Å²) in [4.78, 5) is 9.60. The van der Waals surface area contributed by atoms with Crippen LogP contribution >= 0.6 is 0 Å². The molecule has 0 saturated heterocycles. The van der Waals surface area contributed by atoms with E-state index in [1.165, 1.54) is 7.05 Å². The molecule has 8 heteroatoms. The quantitative estimate of drug-likeness (QED) is 0.489. The van der Waals surface area contributed by atoms with Crippen molar-refractivity contribution in [3.05, 3.63) is 16.3 Å². The van der Waals surface area contributed by atoms with E-state index in [0.29, 0.717) is 0 Å². The summed E-state index contributed by atoms with van der Waals surface area (Å²) in [5, 5.41) is 13.5. The van der Waals surface area contributed by atoms with E-state index in [-0.39, 0.29) is 5.03 Å². The molecular weight excluding hydrogens is 198 g/mol. The number of hydrogen-bond donors (Lipinski definition) is 0. The molecule has 0 spiro atoms. The summed E-state index contributed by atoms with van der Waals surface area (Å²) in [6.45, 7) is 0. The Morgan fingerprint density at radius 2 is 2.15 bits per heavy atom. The van der Waals surface area contributed by atoms with E-state index in [9.17, 15) is 18.5 Å². The highest BCUT2D eigenvalue weighted by Crippen LogP contribution is 2.21. The van der Waals surface area contributed by atoms with Gasteiger partial charge in [-0.1, -0.05) is 0 Å². The van der Waals surface area contributed by atoms with Crippen LogP contribution in [0.3, 0.4) is 0 Å². The fourth-order valence-electron chi connectivity index (χ4n) is 0.970. The lowest BCUT2D eigenvalue weighted by Gasteiger charge is -1.96. The van der Waals surface area contributed by atoms with Crippen LogP contribution in [0.4, 0.5) is 5.69 Å². The Labute approximate surface area is 74.0 Å². The Kier molecular flexibility index (Phi) is 2.08. The van der Waals surface area contributed by atoms with Gasteiger partial charge in [0.2, 0.25) is 5.03 Å². The van der Waals surface area contributed by atoms with Crippen molar-refractivity contribution < 1.29 is 13.3 Å². The molecule has 0 aliphatic heterocycles. The maximum atomic E-state index is 11.1. The van der Waals surface area contributed by atoms with Crippen LogP contribution in [0.25, 0.3) is 0 Å².